The minimum Gasteiger partial charge on any atom is -0.396 e. The fraction of sp³-hybridized carbons (Fsp3) is 0.375. The molecule has 0 rings (SSSR count). The van der Waals surface area contributed by atoms with Crippen LogP contribution in [-0.2, 0) is 4.79 Å². The third-order valence-corrected chi connectivity index (χ3v) is 1.18. The van der Waals surface area contributed by atoms with E-state index in [2.05, 4.69) is 0 Å². The molecular weight excluding hydrogens is 197 g/mol. The van der Waals surface area contributed by atoms with E-state index in [4.69, 9.17) is 5.73 Å². The van der Waals surface area contributed by atoms with Crippen LogP contribution >= 0.6 is 0 Å². The van der Waals surface area contributed by atoms with Crippen molar-refractivity contribution in [1.29, 1.82) is 0 Å². The van der Waals surface area contributed by atoms with Gasteiger partial charge in [-0.15, -0.1) is 0 Å². The van der Waals surface area contributed by atoms with E-state index >= 15 is 0 Å². The summed E-state index contributed by atoms with van der Waals surface area (Å²) in [6.45, 7) is 0. The number of halogens is 3. The van der Waals surface area contributed by atoms with Crippen LogP contribution in [0.15, 0.2) is 23.5 Å². The number of aldehydes is 1. The van der Waals surface area contributed by atoms with Crippen molar-refractivity contribution in [3.05, 3.63) is 23.5 Å². The quantitative estimate of drug-likeness (QED) is 0.428. The summed E-state index contributed by atoms with van der Waals surface area (Å²) in [5.41, 5.74) is 3.55. The van der Waals surface area contributed by atoms with Gasteiger partial charge in [0, 0.05) is 20.3 Å². The highest BCUT2D eigenvalue weighted by atomic mass is 19.4. The molecule has 0 aliphatic heterocycles. The van der Waals surface area contributed by atoms with Gasteiger partial charge < -0.3 is 10.6 Å². The Hall–Kier alpha value is -1.46. The molecule has 0 radical (unpaired) electrons. The zero-order valence-corrected chi connectivity index (χ0v) is 7.80. The summed E-state index contributed by atoms with van der Waals surface area (Å²) in [6.07, 6.45) is -2.92. The lowest BCUT2D eigenvalue weighted by molar-refractivity contribution is -0.105. The Balaban J connectivity index is 5.04. The molecule has 0 aliphatic rings. The number of nitrogens with zero attached hydrogens (tertiary/aromatic N) is 1. The summed E-state index contributed by atoms with van der Waals surface area (Å²) in [5.74, 6) is 0. The molecule has 0 spiro atoms. The van der Waals surface area contributed by atoms with Crippen LogP contribution in [0.25, 0.3) is 0 Å². The Morgan fingerprint density at radius 1 is 1.36 bits per heavy atom. The van der Waals surface area contributed by atoms with E-state index in [1.54, 1.807) is 0 Å². The van der Waals surface area contributed by atoms with Gasteiger partial charge in [-0.1, -0.05) is 0 Å². The normalized spacial score (nSPS) is 14.1. The van der Waals surface area contributed by atoms with Gasteiger partial charge in [0.05, 0.1) is 11.3 Å². The largest absolute Gasteiger partial charge is 0.417 e. The Bertz CT molecular complexity index is 266. The number of hydrogen-bond donors (Lipinski definition) is 1. The third-order valence-electron chi connectivity index (χ3n) is 1.18. The first kappa shape index (κ1) is 12.5. The highest BCUT2D eigenvalue weighted by Crippen LogP contribution is 2.26. The average Bonchev–Trinajstić information content (AvgIpc) is 2.00. The molecule has 0 aromatic heterocycles. The molecule has 0 heterocycles. The predicted octanol–water partition coefficient (Wildman–Crippen LogP) is 1.04. The molecule has 6 heteroatoms. The second-order valence-electron chi connectivity index (χ2n) is 2.81. The van der Waals surface area contributed by atoms with Crippen LogP contribution in [0.3, 0.4) is 0 Å². The van der Waals surface area contributed by atoms with Gasteiger partial charge in [-0.3, -0.25) is 4.79 Å². The van der Waals surface area contributed by atoms with Gasteiger partial charge in [-0.25, -0.2) is 0 Å². The SMILES string of the molecule is CN(C)/C=C(\C=C(\N)C=O)C(F)(F)F. The first-order valence-corrected chi connectivity index (χ1v) is 3.65. The van der Waals surface area contributed by atoms with Crippen molar-refractivity contribution in [3.63, 3.8) is 0 Å². The minimum atomic E-state index is -4.52. The van der Waals surface area contributed by atoms with Crippen LogP contribution in [-0.4, -0.2) is 31.5 Å². The average molecular weight is 208 g/mol. The van der Waals surface area contributed by atoms with Gasteiger partial charge in [0.15, 0.2) is 6.29 Å². The monoisotopic (exact) mass is 208 g/mol. The molecule has 0 saturated carbocycles. The maximum atomic E-state index is 12.3. The molecule has 0 saturated heterocycles. The highest BCUT2D eigenvalue weighted by molar-refractivity contribution is 5.72. The zero-order chi connectivity index (χ0) is 11.4. The second-order valence-corrected chi connectivity index (χ2v) is 2.81. The summed E-state index contributed by atoms with van der Waals surface area (Å²) < 4.78 is 36.8. The van der Waals surface area contributed by atoms with E-state index in [1.165, 1.54) is 19.0 Å². The van der Waals surface area contributed by atoms with Gasteiger partial charge in [0.1, 0.15) is 0 Å². The summed E-state index contributed by atoms with van der Waals surface area (Å²) in [4.78, 5) is 11.3. The first-order chi connectivity index (χ1) is 6.27. The maximum absolute atomic E-state index is 12.3. The van der Waals surface area contributed by atoms with Crippen molar-refractivity contribution in [2.75, 3.05) is 14.1 Å². The van der Waals surface area contributed by atoms with E-state index in [0.29, 0.717) is 6.08 Å². The number of carbonyl (C=O) groups is 1. The summed E-state index contributed by atoms with van der Waals surface area (Å²) in [5, 5.41) is 0. The van der Waals surface area contributed by atoms with Crippen molar-refractivity contribution in [2.24, 2.45) is 5.73 Å². The summed E-state index contributed by atoms with van der Waals surface area (Å²) in [6, 6.07) is 0. The van der Waals surface area contributed by atoms with Crippen molar-refractivity contribution in [3.8, 4) is 0 Å². The number of nitrogens with two attached hydrogens (primary N) is 1. The molecule has 2 N–H and O–H groups in total. The third kappa shape index (κ3) is 4.54. The van der Waals surface area contributed by atoms with Crippen LogP contribution in [0.4, 0.5) is 13.2 Å². The molecule has 0 aliphatic carbocycles. The molecule has 80 valence electrons. The highest BCUT2D eigenvalue weighted by Gasteiger charge is 2.32. The standard InChI is InChI=1S/C8H11F3N2O/c1-13(2)4-6(8(9,10)11)3-7(12)5-14/h3-5H,12H2,1-2H3/b6-4+,7-3+. The van der Waals surface area contributed by atoms with Crippen molar-refractivity contribution < 1.29 is 18.0 Å². The Labute approximate surface area is 79.7 Å². The number of hydrogen-bond acceptors (Lipinski definition) is 3. The van der Waals surface area contributed by atoms with Crippen LogP contribution in [0, 0.1) is 0 Å². The number of carbonyl (C=O) groups excluding carboxylic acids is 1. The van der Waals surface area contributed by atoms with Crippen LogP contribution in [0.1, 0.15) is 0 Å². The lowest BCUT2D eigenvalue weighted by Gasteiger charge is -2.12. The number of allylic oxidation sites excluding steroid dienone is 3. The van der Waals surface area contributed by atoms with E-state index < -0.39 is 17.4 Å². The van der Waals surface area contributed by atoms with Crippen LogP contribution in [0.5, 0.6) is 0 Å². The topological polar surface area (TPSA) is 46.3 Å². The Morgan fingerprint density at radius 2 is 1.86 bits per heavy atom. The van der Waals surface area contributed by atoms with Crippen LogP contribution < -0.4 is 5.73 Å². The summed E-state index contributed by atoms with van der Waals surface area (Å²) in [7, 11) is 2.88. The molecule has 0 aromatic rings. The molecular formula is C8H11F3N2O. The fourth-order valence-corrected chi connectivity index (χ4v) is 0.684. The Kier molecular flexibility index (Phi) is 4.20. The molecule has 0 aromatic carbocycles. The van der Waals surface area contributed by atoms with E-state index in [0.717, 1.165) is 6.20 Å². The summed E-state index contributed by atoms with van der Waals surface area (Å²) >= 11 is 0. The molecule has 0 atom stereocenters. The molecule has 0 bridgehead atoms. The van der Waals surface area contributed by atoms with Crippen LogP contribution in [0.2, 0.25) is 0 Å². The maximum Gasteiger partial charge on any atom is 0.417 e. The lowest BCUT2D eigenvalue weighted by Crippen LogP contribution is -2.16. The van der Waals surface area contributed by atoms with E-state index in [1.807, 2.05) is 0 Å². The number of rotatable bonds is 3. The van der Waals surface area contributed by atoms with E-state index in [9.17, 15) is 18.0 Å². The lowest BCUT2D eigenvalue weighted by atomic mass is 10.2. The first-order valence-electron chi connectivity index (χ1n) is 3.65. The Morgan fingerprint density at radius 3 is 2.14 bits per heavy atom. The van der Waals surface area contributed by atoms with Gasteiger partial charge >= 0.3 is 6.18 Å². The van der Waals surface area contributed by atoms with Crippen molar-refractivity contribution >= 4 is 6.29 Å². The zero-order valence-electron chi connectivity index (χ0n) is 7.80. The predicted molar refractivity (Wildman–Crippen MR) is 46.2 cm³/mol. The van der Waals surface area contributed by atoms with Gasteiger partial charge in [-0.2, -0.15) is 13.2 Å². The molecule has 3 nitrogen and oxygen atoms in total. The van der Waals surface area contributed by atoms with E-state index in [-0.39, 0.29) is 6.29 Å². The van der Waals surface area contributed by atoms with Gasteiger partial charge in [-0.05, 0) is 6.08 Å². The molecule has 0 amide bonds. The molecule has 0 unspecified atom stereocenters. The van der Waals surface area contributed by atoms with Gasteiger partial charge in [0.2, 0.25) is 0 Å². The second kappa shape index (κ2) is 4.69. The number of alkyl halides is 3. The van der Waals surface area contributed by atoms with Crippen molar-refractivity contribution in [1.82, 2.24) is 4.90 Å². The smallest absolute Gasteiger partial charge is 0.396 e. The molecule has 14 heavy (non-hydrogen) atoms. The minimum absolute atomic E-state index is 0.162. The molecule has 0 fully saturated rings. The van der Waals surface area contributed by atoms with Gasteiger partial charge in [0.25, 0.3) is 0 Å². The van der Waals surface area contributed by atoms with Crippen molar-refractivity contribution in [2.45, 2.75) is 6.18 Å². The fourth-order valence-electron chi connectivity index (χ4n) is 0.684.